The van der Waals surface area contributed by atoms with Gasteiger partial charge in [-0.1, -0.05) is 49.6 Å². The Kier molecular flexibility index (Phi) is 12.0. The van der Waals surface area contributed by atoms with Crippen LogP contribution in [0, 0.1) is 0 Å². The predicted octanol–water partition coefficient (Wildman–Crippen LogP) is -0.164. The molecule has 173 valence electrons. The van der Waals surface area contributed by atoms with Gasteiger partial charge in [0.25, 0.3) is 0 Å². The van der Waals surface area contributed by atoms with Crippen LogP contribution in [-0.2, 0) is 36.1 Å². The molecular formula is C22H14CuO10. The van der Waals surface area contributed by atoms with Crippen molar-refractivity contribution in [3.8, 4) is 0 Å². The van der Waals surface area contributed by atoms with E-state index in [2.05, 4.69) is 22.6 Å². The van der Waals surface area contributed by atoms with Crippen molar-refractivity contribution in [2.24, 2.45) is 0 Å². The minimum absolute atomic E-state index is 0. The van der Waals surface area contributed by atoms with Crippen LogP contribution in [0.5, 0.6) is 0 Å². The van der Waals surface area contributed by atoms with E-state index in [1.807, 2.05) is 0 Å². The van der Waals surface area contributed by atoms with Crippen LogP contribution >= 0.6 is 0 Å². The second kappa shape index (κ2) is 13.9. The molecule has 0 atom stereocenters. The summed E-state index contributed by atoms with van der Waals surface area (Å²) in [6.45, 7) is 6.22. The molecule has 0 amide bonds. The third kappa shape index (κ3) is 8.74. The Morgan fingerprint density at radius 2 is 0.879 bits per heavy atom. The van der Waals surface area contributed by atoms with Crippen molar-refractivity contribution in [1.82, 2.24) is 0 Å². The topological polar surface area (TPSA) is 167 Å². The number of rotatable bonds is 6. The number of aromatic carboxylic acids is 2. The molecule has 2 aromatic rings. The Morgan fingerprint density at radius 1 is 0.606 bits per heavy atom. The van der Waals surface area contributed by atoms with Crippen LogP contribution in [0.15, 0.2) is 73.8 Å². The molecule has 0 N–H and O–H groups in total. The van der Waals surface area contributed by atoms with Crippen LogP contribution in [0.4, 0.5) is 0 Å². The summed E-state index contributed by atoms with van der Waals surface area (Å²) in [7, 11) is 0. The second-order valence-corrected chi connectivity index (χ2v) is 5.49. The number of esters is 4. The van der Waals surface area contributed by atoms with Gasteiger partial charge in [-0.05, 0) is 12.1 Å². The van der Waals surface area contributed by atoms with E-state index < -0.39 is 35.8 Å². The Hall–Kier alpha value is -4.34. The van der Waals surface area contributed by atoms with E-state index in [9.17, 15) is 39.0 Å². The first-order valence-electron chi connectivity index (χ1n) is 8.50. The average molecular weight is 502 g/mol. The van der Waals surface area contributed by atoms with Crippen LogP contribution in [0.25, 0.3) is 0 Å². The molecule has 10 nitrogen and oxygen atoms in total. The van der Waals surface area contributed by atoms with Gasteiger partial charge in [0.1, 0.15) is 0 Å². The number of carbonyl (C=O) groups excluding carboxylic acids is 6. The smallest absolute Gasteiger partial charge is 0.545 e. The van der Waals surface area contributed by atoms with Crippen LogP contribution < -0.4 is 10.2 Å². The van der Waals surface area contributed by atoms with E-state index in [0.29, 0.717) is 0 Å². The first-order valence-corrected chi connectivity index (χ1v) is 8.50. The molecule has 0 saturated carbocycles. The SMILES string of the molecule is C=CC(=O)OC(=O)c1ccccc1C(=O)[O-].C=CC(=O)OC(=O)c1ccccc1C(=O)[O-].[Cu+2]. The van der Waals surface area contributed by atoms with Gasteiger partial charge in [0.05, 0.1) is 23.1 Å². The van der Waals surface area contributed by atoms with E-state index in [0.717, 1.165) is 12.2 Å². The van der Waals surface area contributed by atoms with E-state index in [1.165, 1.54) is 48.5 Å². The largest absolute Gasteiger partial charge is 2.00 e. The molecule has 2 aromatic carbocycles. The van der Waals surface area contributed by atoms with Crippen molar-refractivity contribution in [3.63, 3.8) is 0 Å². The maximum atomic E-state index is 11.4. The number of carboxylic acid groups (broad SMARTS) is 2. The molecule has 0 heterocycles. The van der Waals surface area contributed by atoms with Crippen molar-refractivity contribution < 1.29 is 65.5 Å². The normalized spacial score (nSPS) is 8.97. The molecule has 11 heteroatoms. The summed E-state index contributed by atoms with van der Waals surface area (Å²) in [5.74, 6) is -7.03. The minimum Gasteiger partial charge on any atom is -0.545 e. The number of carbonyl (C=O) groups is 6. The van der Waals surface area contributed by atoms with E-state index in [1.54, 1.807) is 0 Å². The van der Waals surface area contributed by atoms with Gasteiger partial charge < -0.3 is 29.3 Å². The molecule has 0 aliphatic heterocycles. The van der Waals surface area contributed by atoms with Gasteiger partial charge in [0.2, 0.25) is 0 Å². The summed E-state index contributed by atoms with van der Waals surface area (Å²) < 4.78 is 8.58. The van der Waals surface area contributed by atoms with Crippen molar-refractivity contribution in [3.05, 3.63) is 96.1 Å². The summed E-state index contributed by atoms with van der Waals surface area (Å²) in [6, 6.07) is 10.6. The molecule has 0 aromatic heterocycles. The molecule has 0 aliphatic rings. The molecule has 0 spiro atoms. The Balaban J connectivity index is 0.000000602. The maximum Gasteiger partial charge on any atom is 2.00 e. The van der Waals surface area contributed by atoms with Gasteiger partial charge in [0, 0.05) is 23.3 Å². The fourth-order valence-electron chi connectivity index (χ4n) is 2.05. The van der Waals surface area contributed by atoms with Gasteiger partial charge >= 0.3 is 40.9 Å². The number of hydrogen-bond donors (Lipinski definition) is 0. The monoisotopic (exact) mass is 501 g/mol. The predicted molar refractivity (Wildman–Crippen MR) is 103 cm³/mol. The van der Waals surface area contributed by atoms with Gasteiger partial charge in [-0.3, -0.25) is 0 Å². The summed E-state index contributed by atoms with van der Waals surface area (Å²) >= 11 is 0. The quantitative estimate of drug-likeness (QED) is 0.224. The average Bonchev–Trinajstić information content (AvgIpc) is 2.79. The van der Waals surface area contributed by atoms with Gasteiger partial charge in [0.15, 0.2) is 0 Å². The maximum absolute atomic E-state index is 11.4. The zero-order valence-electron chi connectivity index (χ0n) is 16.6. The van der Waals surface area contributed by atoms with E-state index >= 15 is 0 Å². The number of carboxylic acids is 2. The second-order valence-electron chi connectivity index (χ2n) is 5.49. The van der Waals surface area contributed by atoms with Crippen LogP contribution in [0.1, 0.15) is 41.4 Å². The fraction of sp³-hybridized carbons (Fsp3) is 0. The molecule has 33 heavy (non-hydrogen) atoms. The molecule has 1 radical (unpaired) electrons. The summed E-state index contributed by atoms with van der Waals surface area (Å²) in [6.07, 6.45) is 1.61. The Bertz CT molecular complexity index is 1020. The fourth-order valence-corrected chi connectivity index (χ4v) is 2.05. The van der Waals surface area contributed by atoms with Crippen LogP contribution in [0.2, 0.25) is 0 Å². The first-order chi connectivity index (χ1) is 15.1. The number of ether oxygens (including phenoxy) is 2. The number of benzene rings is 2. The molecule has 0 saturated heterocycles. The van der Waals surface area contributed by atoms with Crippen LogP contribution in [-0.4, -0.2) is 35.8 Å². The van der Waals surface area contributed by atoms with Crippen molar-refractivity contribution >= 4 is 35.8 Å². The summed E-state index contributed by atoms with van der Waals surface area (Å²) in [4.78, 5) is 65.5. The van der Waals surface area contributed by atoms with Crippen LogP contribution in [0.3, 0.4) is 0 Å². The molecule has 0 unspecified atom stereocenters. The Morgan fingerprint density at radius 3 is 1.12 bits per heavy atom. The molecule has 0 aliphatic carbocycles. The van der Waals surface area contributed by atoms with E-state index in [-0.39, 0.29) is 39.3 Å². The zero-order valence-corrected chi connectivity index (χ0v) is 17.5. The number of hydrogen-bond acceptors (Lipinski definition) is 10. The Labute approximate surface area is 197 Å². The third-order valence-electron chi connectivity index (χ3n) is 3.45. The van der Waals surface area contributed by atoms with Crippen molar-refractivity contribution in [2.45, 2.75) is 0 Å². The minimum atomic E-state index is -1.52. The molecule has 2 rings (SSSR count). The van der Waals surface area contributed by atoms with Gasteiger partial charge in [-0.25, -0.2) is 19.2 Å². The van der Waals surface area contributed by atoms with Gasteiger partial charge in [-0.2, -0.15) is 0 Å². The standard InChI is InChI=1S/2C11H8O5.Cu/c2*1-2-9(12)16-11(15)8-6-4-3-5-7(8)10(13)14;/h2*2-6H,1H2,(H,13,14);/q;;+2/p-2. The van der Waals surface area contributed by atoms with Gasteiger partial charge in [-0.15, -0.1) is 0 Å². The zero-order chi connectivity index (χ0) is 24.3. The van der Waals surface area contributed by atoms with Crippen molar-refractivity contribution in [1.29, 1.82) is 0 Å². The van der Waals surface area contributed by atoms with E-state index in [4.69, 9.17) is 0 Å². The first kappa shape index (κ1) is 28.7. The van der Waals surface area contributed by atoms with Crippen molar-refractivity contribution in [2.75, 3.05) is 0 Å². The molecule has 0 fully saturated rings. The third-order valence-corrected chi connectivity index (χ3v) is 3.45. The summed E-state index contributed by atoms with van der Waals surface area (Å²) in [5, 5.41) is 21.3. The molecule has 0 bridgehead atoms. The molecular weight excluding hydrogens is 488 g/mol. The summed E-state index contributed by atoms with van der Waals surface area (Å²) in [5.41, 5.74) is -1.14.